The molecule has 1 aliphatic rings. The van der Waals surface area contributed by atoms with E-state index in [9.17, 15) is 13.2 Å². The van der Waals surface area contributed by atoms with E-state index in [4.69, 9.17) is 0 Å². The highest BCUT2D eigenvalue weighted by molar-refractivity contribution is 9.10. The average molecular weight is 337 g/mol. The average Bonchev–Trinajstić information content (AvgIpc) is 2.56. The zero-order chi connectivity index (χ0) is 12.6. The minimum Gasteiger partial charge on any atom is -0.292 e. The number of Topliss-reactive ketones (excluding diaryl/α,β-unsaturated/α-hetero) is 1. The molecule has 1 saturated heterocycles. The number of halogens is 1. The number of rotatable bonds is 2. The summed E-state index contributed by atoms with van der Waals surface area (Å²) in [6.45, 7) is 1.90. The maximum atomic E-state index is 12.3. The molecule has 0 spiro atoms. The van der Waals surface area contributed by atoms with Crippen molar-refractivity contribution in [2.24, 2.45) is 0 Å². The molecule has 1 fully saturated rings. The summed E-state index contributed by atoms with van der Waals surface area (Å²) in [7, 11) is -3.24. The van der Waals surface area contributed by atoms with E-state index >= 15 is 0 Å². The van der Waals surface area contributed by atoms with Crippen LogP contribution in [0.15, 0.2) is 10.5 Å². The molecular formula is C11H13BrO3S2. The van der Waals surface area contributed by atoms with Crippen LogP contribution < -0.4 is 0 Å². The van der Waals surface area contributed by atoms with Gasteiger partial charge in [-0.05, 0) is 41.8 Å². The van der Waals surface area contributed by atoms with E-state index in [-0.39, 0.29) is 11.5 Å². The molecule has 1 unspecified atom stereocenters. The molecule has 17 heavy (non-hydrogen) atoms. The molecule has 1 aromatic heterocycles. The van der Waals surface area contributed by atoms with Crippen LogP contribution >= 0.6 is 27.3 Å². The zero-order valence-corrected chi connectivity index (χ0v) is 12.6. The Morgan fingerprint density at radius 1 is 1.47 bits per heavy atom. The van der Waals surface area contributed by atoms with E-state index < -0.39 is 15.1 Å². The third kappa shape index (κ3) is 2.63. The van der Waals surface area contributed by atoms with Gasteiger partial charge in [-0.25, -0.2) is 8.42 Å². The van der Waals surface area contributed by atoms with Crippen LogP contribution in [0.4, 0.5) is 0 Å². The van der Waals surface area contributed by atoms with Gasteiger partial charge in [-0.2, -0.15) is 0 Å². The first-order valence-corrected chi connectivity index (χ1v) is 8.76. The van der Waals surface area contributed by atoms with Gasteiger partial charge in [0, 0.05) is 9.35 Å². The summed E-state index contributed by atoms with van der Waals surface area (Å²) < 4.78 is 24.5. The molecule has 0 radical (unpaired) electrons. The molecule has 6 heteroatoms. The standard InChI is InChI=1S/C11H13BrO3S2/c1-7-6-8(12)11(16-7)10(13)9-4-2-3-5-17(9,14)15/h6,9H,2-5H2,1H3. The Hall–Kier alpha value is -0.200. The molecule has 2 heterocycles. The monoisotopic (exact) mass is 336 g/mol. The van der Waals surface area contributed by atoms with Gasteiger partial charge >= 0.3 is 0 Å². The molecule has 1 aliphatic heterocycles. The topological polar surface area (TPSA) is 51.2 Å². The molecule has 2 rings (SSSR count). The van der Waals surface area contributed by atoms with E-state index in [1.807, 2.05) is 13.0 Å². The van der Waals surface area contributed by atoms with Gasteiger partial charge in [0.25, 0.3) is 0 Å². The molecule has 0 aromatic carbocycles. The van der Waals surface area contributed by atoms with Crippen LogP contribution in [0, 0.1) is 6.92 Å². The SMILES string of the molecule is Cc1cc(Br)c(C(=O)C2CCCCS2(=O)=O)s1. The Morgan fingerprint density at radius 3 is 2.71 bits per heavy atom. The van der Waals surface area contributed by atoms with Crippen LogP contribution in [-0.4, -0.2) is 25.2 Å². The van der Waals surface area contributed by atoms with E-state index in [0.29, 0.717) is 22.2 Å². The Morgan fingerprint density at radius 2 is 2.18 bits per heavy atom. The second-order valence-corrected chi connectivity index (χ2v) is 8.66. The van der Waals surface area contributed by atoms with Crippen molar-refractivity contribution in [3.63, 3.8) is 0 Å². The number of ketones is 1. The molecule has 0 aliphatic carbocycles. The Balaban J connectivity index is 2.34. The van der Waals surface area contributed by atoms with E-state index in [1.54, 1.807) is 0 Å². The molecule has 1 atom stereocenters. The number of thiophene rings is 1. The lowest BCUT2D eigenvalue weighted by atomic mass is 10.1. The van der Waals surface area contributed by atoms with E-state index in [0.717, 1.165) is 11.3 Å². The van der Waals surface area contributed by atoms with Gasteiger partial charge in [-0.1, -0.05) is 6.42 Å². The molecule has 3 nitrogen and oxygen atoms in total. The first-order valence-electron chi connectivity index (χ1n) is 5.43. The van der Waals surface area contributed by atoms with Crippen molar-refractivity contribution in [2.45, 2.75) is 31.4 Å². The highest BCUT2D eigenvalue weighted by Crippen LogP contribution is 2.31. The smallest absolute Gasteiger partial charge is 0.192 e. The third-order valence-electron chi connectivity index (χ3n) is 2.90. The number of carbonyl (C=O) groups is 1. The predicted octanol–water partition coefficient (Wildman–Crippen LogP) is 2.97. The Kier molecular flexibility index (Phi) is 3.75. The zero-order valence-electron chi connectivity index (χ0n) is 9.40. The minimum atomic E-state index is -3.24. The van der Waals surface area contributed by atoms with Crippen molar-refractivity contribution >= 4 is 42.9 Å². The third-order valence-corrected chi connectivity index (χ3v) is 7.03. The molecule has 1 aromatic rings. The predicted molar refractivity (Wildman–Crippen MR) is 72.5 cm³/mol. The number of hydrogen-bond acceptors (Lipinski definition) is 4. The highest BCUT2D eigenvalue weighted by atomic mass is 79.9. The maximum absolute atomic E-state index is 12.3. The molecule has 94 valence electrons. The van der Waals surface area contributed by atoms with Crippen molar-refractivity contribution in [3.05, 3.63) is 20.3 Å². The van der Waals surface area contributed by atoms with Gasteiger partial charge in [0.05, 0.1) is 10.6 Å². The van der Waals surface area contributed by atoms with Gasteiger partial charge in [-0.3, -0.25) is 4.79 Å². The summed E-state index contributed by atoms with van der Waals surface area (Å²) in [6, 6.07) is 1.85. The van der Waals surface area contributed by atoms with Crippen molar-refractivity contribution in [1.29, 1.82) is 0 Å². The van der Waals surface area contributed by atoms with Crippen LogP contribution in [0.3, 0.4) is 0 Å². The molecule has 0 bridgehead atoms. The van der Waals surface area contributed by atoms with Crippen LogP contribution in [0.1, 0.15) is 33.8 Å². The summed E-state index contributed by atoms with van der Waals surface area (Å²) in [4.78, 5) is 13.8. The van der Waals surface area contributed by atoms with Gasteiger partial charge in [-0.15, -0.1) is 11.3 Å². The number of sulfone groups is 1. The number of aryl methyl sites for hydroxylation is 1. The van der Waals surface area contributed by atoms with Crippen molar-refractivity contribution in [1.82, 2.24) is 0 Å². The molecule has 0 amide bonds. The summed E-state index contributed by atoms with van der Waals surface area (Å²) in [5.41, 5.74) is 0. The van der Waals surface area contributed by atoms with Crippen LogP contribution in [0.25, 0.3) is 0 Å². The van der Waals surface area contributed by atoms with Gasteiger partial charge < -0.3 is 0 Å². The summed E-state index contributed by atoms with van der Waals surface area (Å²) in [5, 5.41) is -0.828. The maximum Gasteiger partial charge on any atom is 0.192 e. The normalized spacial score (nSPS) is 23.5. The van der Waals surface area contributed by atoms with Crippen molar-refractivity contribution in [2.75, 3.05) is 5.75 Å². The summed E-state index contributed by atoms with van der Waals surface area (Å²) in [6.07, 6.45) is 1.96. The Labute approximate surface area is 113 Å². The van der Waals surface area contributed by atoms with Crippen LogP contribution in [-0.2, 0) is 9.84 Å². The fraction of sp³-hybridized carbons (Fsp3) is 0.545. The van der Waals surface area contributed by atoms with Crippen LogP contribution in [0.5, 0.6) is 0 Å². The first kappa shape index (κ1) is 13.2. The van der Waals surface area contributed by atoms with Gasteiger partial charge in [0.2, 0.25) is 0 Å². The number of hydrogen-bond donors (Lipinski definition) is 0. The highest BCUT2D eigenvalue weighted by Gasteiger charge is 2.36. The summed E-state index contributed by atoms with van der Waals surface area (Å²) in [5.74, 6) is -0.0968. The van der Waals surface area contributed by atoms with Gasteiger partial charge in [0.15, 0.2) is 15.6 Å². The Bertz CT molecular complexity index is 545. The second-order valence-electron chi connectivity index (χ2n) is 4.25. The van der Waals surface area contributed by atoms with Crippen LogP contribution in [0.2, 0.25) is 0 Å². The van der Waals surface area contributed by atoms with E-state index in [2.05, 4.69) is 15.9 Å². The van der Waals surface area contributed by atoms with E-state index in [1.165, 1.54) is 11.3 Å². The number of carbonyl (C=O) groups excluding carboxylic acids is 1. The van der Waals surface area contributed by atoms with Crippen molar-refractivity contribution < 1.29 is 13.2 Å². The molecule has 0 saturated carbocycles. The lowest BCUT2D eigenvalue weighted by molar-refractivity contribution is 0.0984. The summed E-state index contributed by atoms with van der Waals surface area (Å²) >= 11 is 4.67. The van der Waals surface area contributed by atoms with Crippen molar-refractivity contribution in [3.8, 4) is 0 Å². The minimum absolute atomic E-state index is 0.144. The van der Waals surface area contributed by atoms with Gasteiger partial charge in [0.1, 0.15) is 5.25 Å². The lowest BCUT2D eigenvalue weighted by Crippen LogP contribution is -2.35. The molecule has 0 N–H and O–H groups in total. The second kappa shape index (κ2) is 4.82. The lowest BCUT2D eigenvalue weighted by Gasteiger charge is -2.20. The molecular weight excluding hydrogens is 324 g/mol. The fourth-order valence-electron chi connectivity index (χ4n) is 2.05. The quantitative estimate of drug-likeness (QED) is 0.780. The first-order chi connectivity index (χ1) is 7.92. The fourth-order valence-corrected chi connectivity index (χ4v) is 5.81. The largest absolute Gasteiger partial charge is 0.292 e.